The molecule has 0 bridgehead atoms. The molecular weight excluding hydrogens is 530 g/mol. The molecule has 0 unspecified atom stereocenters. The lowest BCUT2D eigenvalue weighted by atomic mass is 9.79. The second-order valence-corrected chi connectivity index (χ2v) is 11.4. The zero-order valence-electron chi connectivity index (χ0n) is 24.4. The quantitative estimate of drug-likeness (QED) is 0.203. The summed E-state index contributed by atoms with van der Waals surface area (Å²) in [4.78, 5) is 4.16. The largest absolute Gasteiger partial charge is 0.263 e. The molecule has 6 aromatic carbocycles. The van der Waals surface area contributed by atoms with Crippen LogP contribution in [-0.2, 0) is 6.42 Å². The average Bonchev–Trinajstić information content (AvgIpc) is 3.05. The first kappa shape index (κ1) is 26.1. The van der Waals surface area contributed by atoms with E-state index in [0.717, 1.165) is 12.8 Å². The second kappa shape index (κ2) is 11.3. The summed E-state index contributed by atoms with van der Waals surface area (Å²) in [5, 5.41) is 5.12. The van der Waals surface area contributed by atoms with Crippen molar-refractivity contribution in [1.29, 1.82) is 0 Å². The molecule has 0 saturated carbocycles. The summed E-state index contributed by atoms with van der Waals surface area (Å²) in [7, 11) is 0. The molecule has 0 atom stereocenters. The highest BCUT2D eigenvalue weighted by Gasteiger charge is 2.23. The van der Waals surface area contributed by atoms with Crippen LogP contribution >= 0.6 is 0 Å². The van der Waals surface area contributed by atoms with E-state index < -0.39 is 0 Å². The van der Waals surface area contributed by atoms with Crippen LogP contribution in [0.15, 0.2) is 157 Å². The number of nitrogens with zero attached hydrogens (tertiary/aromatic N) is 1. The van der Waals surface area contributed by atoms with Gasteiger partial charge in [-0.3, -0.25) is 4.99 Å². The van der Waals surface area contributed by atoms with Gasteiger partial charge in [0.05, 0.1) is 0 Å². The van der Waals surface area contributed by atoms with Gasteiger partial charge in [-0.15, -0.1) is 0 Å². The summed E-state index contributed by atoms with van der Waals surface area (Å²) < 4.78 is 0. The second-order valence-electron chi connectivity index (χ2n) is 11.4. The lowest BCUT2D eigenvalue weighted by Gasteiger charge is -2.24. The van der Waals surface area contributed by atoms with E-state index in [1.807, 2.05) is 12.4 Å². The molecule has 0 N–H and O–H groups in total. The molecule has 0 radical (unpaired) electrons. The Labute approximate surface area is 258 Å². The van der Waals surface area contributed by atoms with Crippen molar-refractivity contribution in [3.8, 4) is 33.4 Å². The van der Waals surface area contributed by atoms with Gasteiger partial charge in [0.15, 0.2) is 0 Å². The van der Waals surface area contributed by atoms with Crippen LogP contribution in [-0.4, -0.2) is 6.21 Å². The first-order chi connectivity index (χ1) is 21.8. The van der Waals surface area contributed by atoms with Gasteiger partial charge in [0.25, 0.3) is 0 Å². The molecule has 8 rings (SSSR count). The Morgan fingerprint density at radius 3 is 1.86 bits per heavy atom. The zero-order chi connectivity index (χ0) is 29.3. The van der Waals surface area contributed by atoms with E-state index in [0.29, 0.717) is 0 Å². The maximum absolute atomic E-state index is 4.16. The van der Waals surface area contributed by atoms with E-state index in [1.165, 1.54) is 77.2 Å². The SMILES string of the molecule is C1=Cc2c(c(-c3ccc4ccccc4c3)c3ccccc3c2-c2ccccccccc2-c2ccc(C3=CN=C3)cc2)CC1. The standard InChI is InChI=1S/C43H31N/c1-2-4-6-16-37(36(15-5-3-1)32-24-21-31(22-25-32)35-28-44-29-35)43-40-19-11-9-17-38(40)42(39-18-10-12-20-41(39)43)34-26-23-30-13-7-8-14-33(30)27-34/h1-9,11-17,19-29H,10,18H2. The zero-order valence-corrected chi connectivity index (χ0v) is 24.4. The Balaban J connectivity index is 1.44. The number of aliphatic imine (C=N–C) groups is 1. The summed E-state index contributed by atoms with van der Waals surface area (Å²) in [6.07, 6.45) is 10.6. The third-order valence-electron chi connectivity index (χ3n) is 8.84. The molecule has 0 amide bonds. The molecule has 1 nitrogen and oxygen atoms in total. The van der Waals surface area contributed by atoms with E-state index in [2.05, 4.69) is 157 Å². The van der Waals surface area contributed by atoms with Gasteiger partial charge in [-0.1, -0.05) is 146 Å². The molecule has 44 heavy (non-hydrogen) atoms. The lowest BCUT2D eigenvalue weighted by molar-refractivity contribution is 0.991. The summed E-state index contributed by atoms with van der Waals surface area (Å²) in [5.41, 5.74) is 12.7. The van der Waals surface area contributed by atoms with Gasteiger partial charge < -0.3 is 0 Å². The van der Waals surface area contributed by atoms with Crippen LogP contribution in [0, 0.1) is 0 Å². The van der Waals surface area contributed by atoms with Crippen molar-refractivity contribution in [2.24, 2.45) is 4.99 Å². The Kier molecular flexibility index (Phi) is 6.70. The first-order valence-corrected chi connectivity index (χ1v) is 15.4. The molecular formula is C43H31N. The lowest BCUT2D eigenvalue weighted by Crippen LogP contribution is -2.03. The highest BCUT2D eigenvalue weighted by molar-refractivity contribution is 6.15. The summed E-state index contributed by atoms with van der Waals surface area (Å²) >= 11 is 0. The Morgan fingerprint density at radius 1 is 0.500 bits per heavy atom. The van der Waals surface area contributed by atoms with Crippen molar-refractivity contribution in [2.75, 3.05) is 0 Å². The minimum Gasteiger partial charge on any atom is -0.263 e. The van der Waals surface area contributed by atoms with E-state index in [4.69, 9.17) is 0 Å². The number of rotatable bonds is 4. The fraction of sp³-hybridized carbons (Fsp3) is 0.0465. The van der Waals surface area contributed by atoms with E-state index in [-0.39, 0.29) is 0 Å². The van der Waals surface area contributed by atoms with Crippen LogP contribution < -0.4 is 0 Å². The van der Waals surface area contributed by atoms with Crippen LogP contribution in [0.5, 0.6) is 0 Å². The predicted molar refractivity (Wildman–Crippen MR) is 189 cm³/mol. The number of hydrogen-bond donors (Lipinski definition) is 0. The van der Waals surface area contributed by atoms with Crippen molar-refractivity contribution in [1.82, 2.24) is 0 Å². The minimum absolute atomic E-state index is 1.02. The fourth-order valence-corrected chi connectivity index (χ4v) is 6.70. The van der Waals surface area contributed by atoms with Crippen LogP contribution in [0.25, 0.3) is 66.6 Å². The Bertz CT molecular complexity index is 2210. The van der Waals surface area contributed by atoms with Gasteiger partial charge in [0.2, 0.25) is 0 Å². The van der Waals surface area contributed by atoms with Crippen molar-refractivity contribution in [3.63, 3.8) is 0 Å². The van der Waals surface area contributed by atoms with Gasteiger partial charge in [-0.2, -0.15) is 0 Å². The smallest absolute Gasteiger partial charge is 0.0362 e. The fourth-order valence-electron chi connectivity index (χ4n) is 6.70. The van der Waals surface area contributed by atoms with Gasteiger partial charge in [0.1, 0.15) is 0 Å². The van der Waals surface area contributed by atoms with Crippen molar-refractivity contribution in [2.45, 2.75) is 12.8 Å². The van der Waals surface area contributed by atoms with Crippen LogP contribution in [0.3, 0.4) is 0 Å². The van der Waals surface area contributed by atoms with Gasteiger partial charge >= 0.3 is 0 Å². The third kappa shape index (κ3) is 4.64. The minimum atomic E-state index is 1.02. The number of hydrogen-bond acceptors (Lipinski definition) is 1. The normalized spacial score (nSPS) is 13.2. The summed E-state index contributed by atoms with van der Waals surface area (Å²) in [6, 6.07) is 50.8. The maximum Gasteiger partial charge on any atom is 0.0362 e. The third-order valence-corrected chi connectivity index (χ3v) is 8.84. The molecule has 6 aromatic rings. The van der Waals surface area contributed by atoms with Gasteiger partial charge in [0, 0.05) is 18.0 Å². The molecule has 0 saturated heterocycles. The van der Waals surface area contributed by atoms with E-state index in [1.54, 1.807) is 0 Å². The number of benzene rings is 5. The predicted octanol–water partition coefficient (Wildman–Crippen LogP) is 11.5. The van der Waals surface area contributed by atoms with E-state index >= 15 is 0 Å². The Hall–Kier alpha value is -5.53. The van der Waals surface area contributed by atoms with Crippen molar-refractivity contribution < 1.29 is 0 Å². The maximum atomic E-state index is 4.16. The number of fused-ring (bicyclic) bond motifs is 3. The van der Waals surface area contributed by atoms with Gasteiger partial charge in [-0.05, 0) is 90.5 Å². The van der Waals surface area contributed by atoms with Crippen LogP contribution in [0.4, 0.5) is 0 Å². The average molecular weight is 562 g/mol. The molecule has 0 fully saturated rings. The summed E-state index contributed by atoms with van der Waals surface area (Å²) in [6.45, 7) is 0. The molecule has 1 heterocycles. The summed E-state index contributed by atoms with van der Waals surface area (Å²) in [5.74, 6) is 0. The molecule has 1 aliphatic heterocycles. The topological polar surface area (TPSA) is 12.4 Å². The van der Waals surface area contributed by atoms with Crippen LogP contribution in [0.1, 0.15) is 23.1 Å². The highest BCUT2D eigenvalue weighted by Crippen LogP contribution is 2.46. The molecule has 0 spiro atoms. The van der Waals surface area contributed by atoms with Crippen molar-refractivity contribution in [3.05, 3.63) is 168 Å². The monoisotopic (exact) mass is 561 g/mol. The molecule has 1 heteroatoms. The number of allylic oxidation sites excluding steroid dienone is 2. The van der Waals surface area contributed by atoms with E-state index in [9.17, 15) is 0 Å². The Morgan fingerprint density at radius 2 is 1.11 bits per heavy atom. The molecule has 0 aromatic heterocycles. The van der Waals surface area contributed by atoms with Crippen LogP contribution in [0.2, 0.25) is 0 Å². The highest BCUT2D eigenvalue weighted by atomic mass is 14.7. The first-order valence-electron chi connectivity index (χ1n) is 15.4. The molecule has 2 aliphatic rings. The molecule has 208 valence electrons. The van der Waals surface area contributed by atoms with Gasteiger partial charge in [-0.25, -0.2) is 0 Å². The molecule has 1 aliphatic carbocycles. The van der Waals surface area contributed by atoms with Crippen molar-refractivity contribution >= 4 is 39.4 Å².